The van der Waals surface area contributed by atoms with Crippen molar-refractivity contribution in [3.05, 3.63) is 59.8 Å². The van der Waals surface area contributed by atoms with E-state index in [4.69, 9.17) is 5.73 Å². The maximum Gasteiger partial charge on any atom is 0.325 e. The van der Waals surface area contributed by atoms with Gasteiger partial charge in [-0.15, -0.1) is 0 Å². The molecule has 1 aliphatic heterocycles. The number of carbonyl (C=O) groups excluding carboxylic acids is 3. The summed E-state index contributed by atoms with van der Waals surface area (Å²) in [6, 6.07) is 11.1. The van der Waals surface area contributed by atoms with Gasteiger partial charge in [-0.2, -0.15) is 0 Å². The van der Waals surface area contributed by atoms with Crippen LogP contribution in [0.15, 0.2) is 48.7 Å². The summed E-state index contributed by atoms with van der Waals surface area (Å²) in [5.74, 6) is -1.01. The summed E-state index contributed by atoms with van der Waals surface area (Å²) < 4.78 is 0. The van der Waals surface area contributed by atoms with Gasteiger partial charge in [-0.05, 0) is 43.5 Å². The minimum absolute atomic E-state index is 0.301. The largest absolute Gasteiger partial charge is 0.384 e. The van der Waals surface area contributed by atoms with Gasteiger partial charge in [0.15, 0.2) is 0 Å². The molecule has 8 nitrogen and oxygen atoms in total. The van der Waals surface area contributed by atoms with Crippen LogP contribution in [0.3, 0.4) is 0 Å². The second kappa shape index (κ2) is 8.72. The van der Waals surface area contributed by atoms with E-state index in [1.807, 2.05) is 37.3 Å². The molecule has 3 rings (SSSR count). The SMILES string of the molecule is CCNC(=O)[C@@H]1C(Cc2ccnc(N)c2)C(=O)N1C(=O)N[C@H](C)c1ccccc1. The molecular formula is C21H25N5O3. The monoisotopic (exact) mass is 395 g/mol. The Morgan fingerprint density at radius 2 is 1.97 bits per heavy atom. The predicted octanol–water partition coefficient (Wildman–Crippen LogP) is 1.64. The number of β-lactam (4-membered cyclic amide) rings is 1. The first-order valence-electron chi connectivity index (χ1n) is 9.59. The molecule has 1 fully saturated rings. The van der Waals surface area contributed by atoms with E-state index in [-0.39, 0.29) is 17.9 Å². The lowest BCUT2D eigenvalue weighted by atomic mass is 9.82. The Hall–Kier alpha value is -3.42. The fourth-order valence-electron chi connectivity index (χ4n) is 3.51. The van der Waals surface area contributed by atoms with Crippen LogP contribution in [0.4, 0.5) is 10.6 Å². The van der Waals surface area contributed by atoms with Crippen molar-refractivity contribution >= 4 is 23.7 Å². The van der Waals surface area contributed by atoms with Gasteiger partial charge in [0.2, 0.25) is 11.8 Å². The highest BCUT2D eigenvalue weighted by Gasteiger charge is 2.54. The summed E-state index contributed by atoms with van der Waals surface area (Å²) in [6.07, 6.45) is 1.87. The molecule has 152 valence electrons. The minimum Gasteiger partial charge on any atom is -0.384 e. The molecule has 4 amide bonds. The summed E-state index contributed by atoms with van der Waals surface area (Å²) in [4.78, 5) is 43.1. The van der Waals surface area contributed by atoms with Gasteiger partial charge in [0.25, 0.3) is 0 Å². The van der Waals surface area contributed by atoms with Crippen molar-refractivity contribution in [2.75, 3.05) is 12.3 Å². The Kier molecular flexibility index (Phi) is 6.11. The van der Waals surface area contributed by atoms with Gasteiger partial charge in [0.1, 0.15) is 11.9 Å². The van der Waals surface area contributed by atoms with Crippen LogP contribution in [-0.4, -0.2) is 40.3 Å². The number of carbonyl (C=O) groups is 3. The van der Waals surface area contributed by atoms with E-state index < -0.39 is 18.0 Å². The lowest BCUT2D eigenvalue weighted by Crippen LogP contribution is -2.70. The van der Waals surface area contributed by atoms with Crippen molar-refractivity contribution in [3.8, 4) is 0 Å². The molecule has 0 bridgehead atoms. The normalized spacial score (nSPS) is 19.2. The molecule has 29 heavy (non-hydrogen) atoms. The molecule has 2 aromatic rings. The highest BCUT2D eigenvalue weighted by Crippen LogP contribution is 2.31. The van der Waals surface area contributed by atoms with Crippen molar-refractivity contribution < 1.29 is 14.4 Å². The van der Waals surface area contributed by atoms with E-state index in [1.165, 1.54) is 0 Å². The van der Waals surface area contributed by atoms with Crippen LogP contribution in [0.5, 0.6) is 0 Å². The number of amides is 4. The van der Waals surface area contributed by atoms with E-state index in [1.54, 1.807) is 25.3 Å². The Labute approximate surface area is 169 Å². The standard InChI is InChI=1S/C21H25N5O3/c1-3-23-19(27)18-16(11-14-9-10-24-17(22)12-14)20(28)26(18)21(29)25-13(2)15-7-5-4-6-8-15/h4-10,12-13,16,18H,3,11H2,1-2H3,(H2,22,24)(H,23,27)(H,25,29)/t13-,16?,18+/m1/s1. The number of nitrogens with one attached hydrogen (secondary N) is 2. The maximum absolute atomic E-state index is 12.8. The van der Waals surface area contributed by atoms with Gasteiger partial charge in [-0.1, -0.05) is 30.3 Å². The first-order valence-corrected chi connectivity index (χ1v) is 9.59. The van der Waals surface area contributed by atoms with Crippen LogP contribution in [0, 0.1) is 5.92 Å². The smallest absolute Gasteiger partial charge is 0.325 e. The van der Waals surface area contributed by atoms with E-state index in [0.717, 1.165) is 16.0 Å². The summed E-state index contributed by atoms with van der Waals surface area (Å²) in [5, 5.41) is 5.52. The molecule has 1 aliphatic rings. The highest BCUT2D eigenvalue weighted by atomic mass is 16.2. The number of hydrogen-bond donors (Lipinski definition) is 3. The number of likely N-dealkylation sites (tertiary alicyclic amines) is 1. The maximum atomic E-state index is 12.8. The molecule has 1 aromatic heterocycles. The highest BCUT2D eigenvalue weighted by molar-refractivity contribution is 6.09. The number of benzene rings is 1. The molecule has 3 atom stereocenters. The van der Waals surface area contributed by atoms with Crippen molar-refractivity contribution in [2.45, 2.75) is 32.4 Å². The third-order valence-electron chi connectivity index (χ3n) is 4.99. The van der Waals surface area contributed by atoms with Crippen LogP contribution in [0.1, 0.15) is 31.0 Å². The first kappa shape index (κ1) is 20.3. The summed E-state index contributed by atoms with van der Waals surface area (Å²) in [6.45, 7) is 4.03. The third-order valence-corrected chi connectivity index (χ3v) is 4.99. The van der Waals surface area contributed by atoms with Crippen molar-refractivity contribution in [3.63, 3.8) is 0 Å². The molecule has 0 aliphatic carbocycles. The lowest BCUT2D eigenvalue weighted by molar-refractivity contribution is -0.157. The van der Waals surface area contributed by atoms with Crippen molar-refractivity contribution in [1.82, 2.24) is 20.5 Å². The molecule has 1 unspecified atom stereocenters. The molecule has 0 saturated carbocycles. The number of hydrogen-bond acceptors (Lipinski definition) is 5. The van der Waals surface area contributed by atoms with Crippen LogP contribution >= 0.6 is 0 Å². The van der Waals surface area contributed by atoms with E-state index in [2.05, 4.69) is 15.6 Å². The second-order valence-corrected chi connectivity index (χ2v) is 7.03. The van der Waals surface area contributed by atoms with E-state index in [0.29, 0.717) is 18.8 Å². The number of nitrogens with zero attached hydrogens (tertiary/aromatic N) is 2. The fourth-order valence-corrected chi connectivity index (χ4v) is 3.51. The van der Waals surface area contributed by atoms with Crippen LogP contribution in [0.2, 0.25) is 0 Å². The molecule has 4 N–H and O–H groups in total. The van der Waals surface area contributed by atoms with E-state index in [9.17, 15) is 14.4 Å². The molecule has 1 saturated heterocycles. The Bertz CT molecular complexity index is 902. The predicted molar refractivity (Wildman–Crippen MR) is 109 cm³/mol. The molecule has 8 heteroatoms. The number of nitrogen functional groups attached to an aromatic ring is 1. The van der Waals surface area contributed by atoms with Gasteiger partial charge >= 0.3 is 6.03 Å². The zero-order valence-electron chi connectivity index (χ0n) is 16.5. The average Bonchev–Trinajstić information content (AvgIpc) is 2.70. The average molecular weight is 395 g/mol. The number of imide groups is 1. The zero-order chi connectivity index (χ0) is 21.0. The Balaban J connectivity index is 1.75. The number of anilines is 1. The molecule has 1 aromatic carbocycles. The quantitative estimate of drug-likeness (QED) is 0.643. The Morgan fingerprint density at radius 1 is 1.24 bits per heavy atom. The lowest BCUT2D eigenvalue weighted by Gasteiger charge is -2.44. The van der Waals surface area contributed by atoms with Gasteiger partial charge in [-0.25, -0.2) is 9.78 Å². The molecular weight excluding hydrogens is 370 g/mol. The second-order valence-electron chi connectivity index (χ2n) is 7.03. The van der Waals surface area contributed by atoms with Crippen LogP contribution in [0.25, 0.3) is 0 Å². The first-order chi connectivity index (χ1) is 13.9. The number of aromatic nitrogens is 1. The topological polar surface area (TPSA) is 117 Å². The molecule has 0 spiro atoms. The molecule has 0 radical (unpaired) electrons. The Morgan fingerprint density at radius 3 is 2.62 bits per heavy atom. The minimum atomic E-state index is -0.861. The van der Waals surface area contributed by atoms with Gasteiger partial charge < -0.3 is 16.4 Å². The number of pyridine rings is 1. The van der Waals surface area contributed by atoms with Crippen molar-refractivity contribution in [2.24, 2.45) is 5.92 Å². The number of rotatable bonds is 6. The summed E-state index contributed by atoms with van der Waals surface area (Å²) in [5.41, 5.74) is 7.41. The zero-order valence-corrected chi connectivity index (χ0v) is 16.5. The summed E-state index contributed by atoms with van der Waals surface area (Å²) >= 11 is 0. The van der Waals surface area contributed by atoms with E-state index >= 15 is 0 Å². The van der Waals surface area contributed by atoms with Crippen LogP contribution in [-0.2, 0) is 16.0 Å². The van der Waals surface area contributed by atoms with Crippen molar-refractivity contribution in [1.29, 1.82) is 0 Å². The third kappa shape index (κ3) is 4.37. The van der Waals surface area contributed by atoms with Gasteiger partial charge in [0.05, 0.1) is 12.0 Å². The fraction of sp³-hybridized carbons (Fsp3) is 0.333. The molecule has 2 heterocycles. The van der Waals surface area contributed by atoms with Gasteiger partial charge in [0, 0.05) is 12.7 Å². The summed E-state index contributed by atoms with van der Waals surface area (Å²) in [7, 11) is 0. The number of nitrogens with two attached hydrogens (primary N) is 1. The number of urea groups is 1. The number of likely N-dealkylation sites (N-methyl/N-ethyl adjacent to an activating group) is 1. The van der Waals surface area contributed by atoms with Crippen LogP contribution < -0.4 is 16.4 Å². The van der Waals surface area contributed by atoms with Gasteiger partial charge in [-0.3, -0.25) is 14.5 Å².